The molecule has 188 valence electrons. The fourth-order valence-electron chi connectivity index (χ4n) is 5.44. The second-order valence-electron chi connectivity index (χ2n) is 9.85. The second kappa shape index (κ2) is 10.8. The van der Waals surface area contributed by atoms with Gasteiger partial charge in [-0.2, -0.15) is 11.8 Å². The number of amides is 1. The molecule has 1 spiro atoms. The molecule has 1 unspecified atom stereocenters. The first kappa shape index (κ1) is 25.1. The van der Waals surface area contributed by atoms with Crippen molar-refractivity contribution < 1.29 is 4.79 Å². The normalized spacial score (nSPS) is 19.3. The predicted octanol–water partition coefficient (Wildman–Crippen LogP) is 5.39. The zero-order valence-corrected chi connectivity index (χ0v) is 22.6. The smallest absolute Gasteiger partial charge is 0.241 e. The summed E-state index contributed by atoms with van der Waals surface area (Å²) in [7, 11) is 0. The summed E-state index contributed by atoms with van der Waals surface area (Å²) in [5.41, 5.74) is 3.06. The van der Waals surface area contributed by atoms with Gasteiger partial charge in [-0.25, -0.2) is 0 Å². The van der Waals surface area contributed by atoms with E-state index in [2.05, 4.69) is 88.2 Å². The molecule has 0 bridgehead atoms. The number of hydrogen-bond acceptors (Lipinski definition) is 4. The maximum Gasteiger partial charge on any atom is 0.241 e. The lowest BCUT2D eigenvalue weighted by atomic mass is 9.95. The Bertz CT molecular complexity index is 1250. The Hall–Kier alpha value is -2.61. The summed E-state index contributed by atoms with van der Waals surface area (Å²) in [6, 6.07) is 23.0. The molecule has 5 nitrogen and oxygen atoms in total. The van der Waals surface area contributed by atoms with Gasteiger partial charge < -0.3 is 15.1 Å². The molecule has 2 saturated heterocycles. The summed E-state index contributed by atoms with van der Waals surface area (Å²) in [5.74, 6) is 1.20. The highest BCUT2D eigenvalue weighted by atomic mass is 32.2. The first-order valence-corrected chi connectivity index (χ1v) is 14.5. The van der Waals surface area contributed by atoms with Gasteiger partial charge in [-0.15, -0.1) is 0 Å². The largest absolute Gasteiger partial charge is 0.349 e. The highest BCUT2D eigenvalue weighted by Gasteiger charge is 2.51. The minimum Gasteiger partial charge on any atom is -0.349 e. The number of anilines is 1. The van der Waals surface area contributed by atoms with Gasteiger partial charge in [0.05, 0.1) is 11.7 Å². The highest BCUT2D eigenvalue weighted by Crippen LogP contribution is 2.35. The molecule has 2 N–H and O–H groups in total. The van der Waals surface area contributed by atoms with E-state index < -0.39 is 0 Å². The van der Waals surface area contributed by atoms with Crippen LogP contribution in [0.25, 0.3) is 10.8 Å². The van der Waals surface area contributed by atoms with Gasteiger partial charge >= 0.3 is 0 Å². The third-order valence-electron chi connectivity index (χ3n) is 7.55. The van der Waals surface area contributed by atoms with Crippen molar-refractivity contribution in [2.75, 3.05) is 30.4 Å². The monoisotopic (exact) mass is 518 g/mol. The van der Waals surface area contributed by atoms with Gasteiger partial charge in [-0.05, 0) is 71.6 Å². The van der Waals surface area contributed by atoms with Crippen molar-refractivity contribution in [3.05, 3.63) is 77.9 Å². The molecule has 1 amide bonds. The Morgan fingerprint density at radius 1 is 1.08 bits per heavy atom. The van der Waals surface area contributed by atoms with Crippen molar-refractivity contribution in [2.45, 2.75) is 44.4 Å². The summed E-state index contributed by atoms with van der Waals surface area (Å²) in [4.78, 5) is 18.0. The van der Waals surface area contributed by atoms with Crippen molar-refractivity contribution in [1.82, 2.24) is 15.1 Å². The number of piperidine rings is 1. The number of likely N-dealkylation sites (tertiary alicyclic amines) is 1. The molecular formula is C29H34N4OS2. The molecule has 0 saturated carbocycles. The van der Waals surface area contributed by atoms with Crippen LogP contribution in [-0.4, -0.2) is 57.6 Å². The van der Waals surface area contributed by atoms with Crippen molar-refractivity contribution in [1.29, 1.82) is 0 Å². The molecule has 2 fully saturated rings. The predicted molar refractivity (Wildman–Crippen MR) is 155 cm³/mol. The molecule has 1 atom stereocenters. The number of thioether (sulfide) groups is 1. The van der Waals surface area contributed by atoms with Crippen LogP contribution in [0.5, 0.6) is 0 Å². The number of aryl methyl sites for hydroxylation is 1. The Morgan fingerprint density at radius 3 is 2.56 bits per heavy atom. The van der Waals surface area contributed by atoms with Crippen LogP contribution in [-0.2, 0) is 11.3 Å². The Balaban J connectivity index is 1.33. The lowest BCUT2D eigenvalue weighted by Gasteiger charge is -2.45. The molecule has 2 aliphatic heterocycles. The van der Waals surface area contributed by atoms with Crippen molar-refractivity contribution in [2.24, 2.45) is 0 Å². The Morgan fingerprint density at radius 2 is 1.81 bits per heavy atom. The topological polar surface area (TPSA) is 47.6 Å². The minimum atomic E-state index is -0.333. The fourth-order valence-corrected chi connectivity index (χ4v) is 6.21. The van der Waals surface area contributed by atoms with Crippen molar-refractivity contribution >= 4 is 51.5 Å². The molecular weight excluding hydrogens is 484 g/mol. The number of para-hydroxylation sites is 1. The van der Waals surface area contributed by atoms with Crippen LogP contribution in [0.1, 0.15) is 30.4 Å². The molecule has 3 aromatic rings. The van der Waals surface area contributed by atoms with Crippen LogP contribution in [0.15, 0.2) is 66.7 Å². The van der Waals surface area contributed by atoms with Gasteiger partial charge in [-0.1, -0.05) is 54.6 Å². The van der Waals surface area contributed by atoms with Gasteiger partial charge in [0.25, 0.3) is 0 Å². The van der Waals surface area contributed by atoms with Crippen molar-refractivity contribution in [3.63, 3.8) is 0 Å². The summed E-state index contributed by atoms with van der Waals surface area (Å²) in [6.07, 6.45) is 4.64. The standard InChI is InChI=1S/C29H34N4OS2/c1-21-7-3-6-10-25(21)30-28(35)32-16-14-29(15-17-32)31-26(13-18-36-2)27(34)33(29)20-22-11-12-23-8-4-5-9-24(23)19-22/h3-12,19,26,31H,13-18,20H2,1-2H3,(H,30,35). The number of nitrogens with one attached hydrogen (secondary N) is 2. The molecule has 2 heterocycles. The van der Waals surface area contributed by atoms with E-state index in [1.54, 1.807) is 11.8 Å². The molecule has 0 aliphatic carbocycles. The van der Waals surface area contributed by atoms with Crippen LogP contribution in [0.3, 0.4) is 0 Å². The Labute approximate surface area is 223 Å². The third-order valence-corrected chi connectivity index (χ3v) is 8.56. The van der Waals surface area contributed by atoms with Crippen LogP contribution in [0.2, 0.25) is 0 Å². The summed E-state index contributed by atoms with van der Waals surface area (Å²) >= 11 is 7.57. The van der Waals surface area contributed by atoms with E-state index in [1.165, 1.54) is 21.9 Å². The maximum atomic E-state index is 13.6. The van der Waals surface area contributed by atoms with E-state index in [0.717, 1.165) is 48.9 Å². The van der Waals surface area contributed by atoms with Gasteiger partial charge in [0.2, 0.25) is 5.91 Å². The lowest BCUT2D eigenvalue weighted by Crippen LogP contribution is -2.59. The summed E-state index contributed by atoms with van der Waals surface area (Å²) < 4.78 is 0. The van der Waals surface area contributed by atoms with E-state index in [0.29, 0.717) is 6.54 Å². The molecule has 5 rings (SSSR count). The molecule has 2 aliphatic rings. The van der Waals surface area contributed by atoms with Gasteiger partial charge in [0.1, 0.15) is 0 Å². The lowest BCUT2D eigenvalue weighted by molar-refractivity contribution is -0.134. The third kappa shape index (κ3) is 5.10. The van der Waals surface area contributed by atoms with Crippen LogP contribution < -0.4 is 10.6 Å². The average Bonchev–Trinajstić information content (AvgIpc) is 3.14. The number of fused-ring (bicyclic) bond motifs is 1. The number of carbonyl (C=O) groups excluding carboxylic acids is 1. The first-order valence-electron chi connectivity index (χ1n) is 12.7. The van der Waals surface area contributed by atoms with E-state index in [1.807, 2.05) is 12.1 Å². The quantitative estimate of drug-likeness (QED) is 0.427. The highest BCUT2D eigenvalue weighted by molar-refractivity contribution is 7.98. The number of rotatable bonds is 6. The van der Waals surface area contributed by atoms with Gasteiger partial charge in [-0.3, -0.25) is 10.1 Å². The maximum absolute atomic E-state index is 13.6. The average molecular weight is 519 g/mol. The minimum absolute atomic E-state index is 0.124. The molecule has 36 heavy (non-hydrogen) atoms. The summed E-state index contributed by atoms with van der Waals surface area (Å²) in [5, 5.41) is 10.4. The summed E-state index contributed by atoms with van der Waals surface area (Å²) in [6.45, 7) is 4.32. The van der Waals surface area contributed by atoms with Crippen molar-refractivity contribution in [3.8, 4) is 0 Å². The Kier molecular flexibility index (Phi) is 7.51. The van der Waals surface area contributed by atoms with E-state index in [9.17, 15) is 4.79 Å². The van der Waals surface area contributed by atoms with Crippen LogP contribution in [0.4, 0.5) is 5.69 Å². The SMILES string of the molecule is CSCCC1NC2(CCN(C(=S)Nc3ccccc3C)CC2)N(Cc2ccc3ccccc3c2)C1=O. The van der Waals surface area contributed by atoms with Crippen LogP contribution in [0, 0.1) is 6.92 Å². The van der Waals surface area contributed by atoms with E-state index in [4.69, 9.17) is 12.2 Å². The molecule has 0 aromatic heterocycles. The first-order chi connectivity index (χ1) is 17.5. The number of hydrogen-bond donors (Lipinski definition) is 2. The molecule has 0 radical (unpaired) electrons. The number of nitrogens with zero attached hydrogens (tertiary/aromatic N) is 2. The van der Waals surface area contributed by atoms with E-state index >= 15 is 0 Å². The molecule has 3 aromatic carbocycles. The number of carbonyl (C=O) groups is 1. The number of thiocarbonyl (C=S) groups is 1. The van der Waals surface area contributed by atoms with E-state index in [-0.39, 0.29) is 17.6 Å². The second-order valence-corrected chi connectivity index (χ2v) is 11.2. The number of benzene rings is 3. The van der Waals surface area contributed by atoms with Gasteiger partial charge in [0.15, 0.2) is 5.11 Å². The van der Waals surface area contributed by atoms with Gasteiger partial charge in [0, 0.05) is 38.2 Å². The fraction of sp³-hybridized carbons (Fsp3) is 0.379. The zero-order valence-electron chi connectivity index (χ0n) is 21.0. The van der Waals surface area contributed by atoms with Crippen LogP contribution >= 0.6 is 24.0 Å². The zero-order chi connectivity index (χ0) is 25.1. The molecule has 7 heteroatoms.